The Kier molecular flexibility index (Phi) is 2.25. The molecule has 0 fully saturated rings. The van der Waals surface area contributed by atoms with E-state index in [4.69, 9.17) is 0 Å². The van der Waals surface area contributed by atoms with Crippen LogP contribution in [0.3, 0.4) is 0 Å². The molecule has 2 aromatic carbocycles. The van der Waals surface area contributed by atoms with Crippen LogP contribution in [0.1, 0.15) is 10.4 Å². The topological polar surface area (TPSA) is 37.3 Å². The molecule has 2 rings (SSSR count). The fourth-order valence-corrected chi connectivity index (χ4v) is 1.79. The molecular weight excluding hydrogens is 244 g/mol. The first-order chi connectivity index (χ1) is 6.72. The number of hydrogen-bond donors (Lipinski definition) is 1. The molecule has 2 nitrogen and oxygen atoms in total. The van der Waals surface area contributed by atoms with Crippen LogP contribution in [0.25, 0.3) is 10.8 Å². The fourth-order valence-electron chi connectivity index (χ4n) is 1.43. The Balaban J connectivity index is 2.91. The van der Waals surface area contributed by atoms with E-state index < -0.39 is 0 Å². The first kappa shape index (κ1) is 9.21. The monoisotopic (exact) mass is 250 g/mol. The number of aldehydes is 1. The Bertz CT molecular complexity index is 501. The average molecular weight is 251 g/mol. The van der Waals surface area contributed by atoms with Crippen molar-refractivity contribution in [3.8, 4) is 5.75 Å². The molecule has 0 unspecified atom stereocenters. The number of carbonyl (C=O) groups excluding carboxylic acids is 1. The second-order valence-corrected chi connectivity index (χ2v) is 3.90. The van der Waals surface area contributed by atoms with Gasteiger partial charge in [-0.2, -0.15) is 0 Å². The summed E-state index contributed by atoms with van der Waals surface area (Å²) in [5.41, 5.74) is 0.337. The highest BCUT2D eigenvalue weighted by atomic mass is 79.9. The minimum atomic E-state index is 0.0191. The van der Waals surface area contributed by atoms with E-state index in [9.17, 15) is 9.90 Å². The predicted molar refractivity (Wildman–Crippen MR) is 58.7 cm³/mol. The van der Waals surface area contributed by atoms with Crippen molar-refractivity contribution in [2.24, 2.45) is 0 Å². The maximum atomic E-state index is 10.8. The standard InChI is InChI=1S/C11H7BrO2/c12-8-3-1-7-2-4-11(14)10(6-13)9(7)5-8/h1-6,14H. The third-order valence-corrected chi connectivity index (χ3v) is 2.61. The molecule has 0 spiro atoms. The van der Waals surface area contributed by atoms with E-state index in [1.165, 1.54) is 6.07 Å². The normalized spacial score (nSPS) is 10.4. The smallest absolute Gasteiger partial charge is 0.154 e. The van der Waals surface area contributed by atoms with Crippen LogP contribution in [0.5, 0.6) is 5.75 Å². The summed E-state index contributed by atoms with van der Waals surface area (Å²) in [5, 5.41) is 11.1. The number of rotatable bonds is 1. The maximum Gasteiger partial charge on any atom is 0.154 e. The number of halogens is 1. The van der Waals surface area contributed by atoms with Gasteiger partial charge in [-0.15, -0.1) is 0 Å². The molecule has 3 heteroatoms. The van der Waals surface area contributed by atoms with Crippen LogP contribution >= 0.6 is 15.9 Å². The van der Waals surface area contributed by atoms with E-state index in [-0.39, 0.29) is 5.75 Å². The van der Waals surface area contributed by atoms with Crippen molar-refractivity contribution in [1.82, 2.24) is 0 Å². The lowest BCUT2D eigenvalue weighted by Crippen LogP contribution is -1.84. The van der Waals surface area contributed by atoms with Crippen LogP contribution in [0, 0.1) is 0 Å². The molecule has 2 aromatic rings. The average Bonchev–Trinajstić information content (AvgIpc) is 2.17. The minimum absolute atomic E-state index is 0.0191. The van der Waals surface area contributed by atoms with Crippen molar-refractivity contribution in [2.75, 3.05) is 0 Å². The molecule has 0 saturated carbocycles. The van der Waals surface area contributed by atoms with Gasteiger partial charge in [-0.05, 0) is 29.0 Å². The Hall–Kier alpha value is -1.35. The van der Waals surface area contributed by atoms with Crippen LogP contribution in [0.15, 0.2) is 34.8 Å². The lowest BCUT2D eigenvalue weighted by Gasteiger charge is -2.03. The van der Waals surface area contributed by atoms with E-state index in [1.54, 1.807) is 6.07 Å². The number of hydrogen-bond acceptors (Lipinski definition) is 2. The van der Waals surface area contributed by atoms with Crippen LogP contribution < -0.4 is 0 Å². The minimum Gasteiger partial charge on any atom is -0.507 e. The Morgan fingerprint density at radius 1 is 1.21 bits per heavy atom. The highest BCUT2D eigenvalue weighted by Crippen LogP contribution is 2.27. The number of phenols is 1. The number of carbonyl (C=O) groups is 1. The SMILES string of the molecule is O=Cc1c(O)ccc2ccc(Br)cc12. The van der Waals surface area contributed by atoms with Gasteiger partial charge in [0.15, 0.2) is 6.29 Å². The first-order valence-electron chi connectivity index (χ1n) is 4.09. The largest absolute Gasteiger partial charge is 0.507 e. The van der Waals surface area contributed by atoms with Crippen molar-refractivity contribution in [3.05, 3.63) is 40.4 Å². The molecule has 0 radical (unpaired) electrons. The zero-order valence-corrected chi connectivity index (χ0v) is 8.78. The molecule has 0 saturated heterocycles. The molecule has 0 atom stereocenters. The van der Waals surface area contributed by atoms with Gasteiger partial charge in [0.2, 0.25) is 0 Å². The van der Waals surface area contributed by atoms with E-state index >= 15 is 0 Å². The first-order valence-corrected chi connectivity index (χ1v) is 4.88. The lowest BCUT2D eigenvalue weighted by molar-refractivity contribution is 0.112. The third kappa shape index (κ3) is 1.40. The number of fused-ring (bicyclic) bond motifs is 1. The molecular formula is C11H7BrO2. The van der Waals surface area contributed by atoms with Crippen molar-refractivity contribution in [2.45, 2.75) is 0 Å². The third-order valence-electron chi connectivity index (χ3n) is 2.12. The predicted octanol–water partition coefficient (Wildman–Crippen LogP) is 3.12. The van der Waals surface area contributed by atoms with Gasteiger partial charge < -0.3 is 5.11 Å². The molecule has 0 heterocycles. The fraction of sp³-hybridized carbons (Fsp3) is 0. The number of benzene rings is 2. The maximum absolute atomic E-state index is 10.8. The Morgan fingerprint density at radius 2 is 1.93 bits per heavy atom. The van der Waals surface area contributed by atoms with Crippen molar-refractivity contribution >= 4 is 33.0 Å². The Labute approximate surface area is 89.3 Å². The second-order valence-electron chi connectivity index (χ2n) is 2.98. The quantitative estimate of drug-likeness (QED) is 0.790. The molecule has 0 aromatic heterocycles. The van der Waals surface area contributed by atoms with Gasteiger partial charge in [0.1, 0.15) is 5.75 Å². The summed E-state index contributed by atoms with van der Waals surface area (Å²) >= 11 is 3.32. The van der Waals surface area contributed by atoms with Crippen LogP contribution in [0.4, 0.5) is 0 Å². The van der Waals surface area contributed by atoms with Gasteiger partial charge in [-0.1, -0.05) is 28.1 Å². The van der Waals surface area contributed by atoms with E-state index in [1.807, 2.05) is 18.2 Å². The number of phenolic OH excluding ortho intramolecular Hbond substituents is 1. The second kappa shape index (κ2) is 3.42. The van der Waals surface area contributed by atoms with Crippen LogP contribution in [-0.2, 0) is 0 Å². The molecule has 0 aliphatic heterocycles. The number of aromatic hydroxyl groups is 1. The molecule has 14 heavy (non-hydrogen) atoms. The Morgan fingerprint density at radius 3 is 2.64 bits per heavy atom. The van der Waals surface area contributed by atoms with Crippen molar-refractivity contribution in [1.29, 1.82) is 0 Å². The summed E-state index contributed by atoms with van der Waals surface area (Å²) in [5.74, 6) is 0.0191. The van der Waals surface area contributed by atoms with Gasteiger partial charge in [0, 0.05) is 4.47 Å². The van der Waals surface area contributed by atoms with Crippen LogP contribution in [0.2, 0.25) is 0 Å². The summed E-state index contributed by atoms with van der Waals surface area (Å²) in [7, 11) is 0. The molecule has 0 aliphatic rings. The molecule has 0 bridgehead atoms. The van der Waals surface area contributed by atoms with Gasteiger partial charge in [-0.3, -0.25) is 4.79 Å². The summed E-state index contributed by atoms with van der Waals surface area (Å²) in [6, 6.07) is 8.92. The van der Waals surface area contributed by atoms with E-state index in [0.29, 0.717) is 11.8 Å². The zero-order valence-electron chi connectivity index (χ0n) is 7.20. The van der Waals surface area contributed by atoms with Gasteiger partial charge in [0.05, 0.1) is 5.56 Å². The molecule has 1 N–H and O–H groups in total. The summed E-state index contributed by atoms with van der Waals surface area (Å²) < 4.78 is 0.888. The zero-order chi connectivity index (χ0) is 10.1. The van der Waals surface area contributed by atoms with Gasteiger partial charge in [-0.25, -0.2) is 0 Å². The summed E-state index contributed by atoms with van der Waals surface area (Å²) in [4.78, 5) is 10.8. The molecule has 70 valence electrons. The summed E-state index contributed by atoms with van der Waals surface area (Å²) in [6.07, 6.45) is 0.671. The van der Waals surface area contributed by atoms with Gasteiger partial charge in [0.25, 0.3) is 0 Å². The highest BCUT2D eigenvalue weighted by molar-refractivity contribution is 9.10. The van der Waals surface area contributed by atoms with E-state index in [2.05, 4.69) is 15.9 Å². The highest BCUT2D eigenvalue weighted by Gasteiger charge is 2.05. The lowest BCUT2D eigenvalue weighted by atomic mass is 10.0. The van der Waals surface area contributed by atoms with E-state index in [0.717, 1.165) is 15.2 Å². The molecule has 0 amide bonds. The van der Waals surface area contributed by atoms with Crippen molar-refractivity contribution in [3.63, 3.8) is 0 Å². The molecule has 0 aliphatic carbocycles. The van der Waals surface area contributed by atoms with Gasteiger partial charge >= 0.3 is 0 Å². The summed E-state index contributed by atoms with van der Waals surface area (Å²) in [6.45, 7) is 0. The van der Waals surface area contributed by atoms with Crippen LogP contribution in [-0.4, -0.2) is 11.4 Å². The van der Waals surface area contributed by atoms with Crippen molar-refractivity contribution < 1.29 is 9.90 Å².